The largest absolute Gasteiger partial charge is 0.435 e. The van der Waals surface area contributed by atoms with Gasteiger partial charge in [-0.25, -0.2) is 63.8 Å². The Morgan fingerprint density at radius 3 is 1.13 bits per heavy atom. The summed E-state index contributed by atoms with van der Waals surface area (Å²) in [5.41, 5.74) is -2.82. The van der Waals surface area contributed by atoms with Gasteiger partial charge in [-0.1, -0.05) is 0 Å². The van der Waals surface area contributed by atoms with E-state index >= 15 is 0 Å². The van der Waals surface area contributed by atoms with Crippen molar-refractivity contribution in [3.63, 3.8) is 0 Å². The van der Waals surface area contributed by atoms with E-state index in [0.717, 1.165) is 34.8 Å². The molecule has 10 aromatic rings. The van der Waals surface area contributed by atoms with Gasteiger partial charge in [0.15, 0.2) is 57.7 Å². The molecular weight excluding hydrogens is 855 g/mol. The highest BCUT2D eigenvalue weighted by Gasteiger charge is 2.32. The number of halogens is 10. The molecule has 0 spiro atoms. The highest BCUT2D eigenvalue weighted by Crippen LogP contribution is 2.39. The average Bonchev–Trinajstić information content (AvgIpc) is 4.05. The van der Waals surface area contributed by atoms with Crippen molar-refractivity contribution in [1.82, 2.24) is 19.9 Å². The number of aromatic nitrogens is 4. The summed E-state index contributed by atoms with van der Waals surface area (Å²) >= 11 is 1.98. The van der Waals surface area contributed by atoms with Crippen molar-refractivity contribution in [1.29, 1.82) is 0 Å². The van der Waals surface area contributed by atoms with Crippen LogP contribution in [0.2, 0.25) is 0 Å². The molecule has 60 heavy (non-hydrogen) atoms. The molecule has 10 rings (SSSR count). The van der Waals surface area contributed by atoms with Crippen molar-refractivity contribution in [3.05, 3.63) is 141 Å². The number of thiophene rings is 2. The van der Waals surface area contributed by atoms with E-state index in [9.17, 15) is 53.5 Å². The minimum absolute atomic E-state index is 0.149. The highest BCUT2D eigenvalue weighted by molar-refractivity contribution is 7.22. The van der Waals surface area contributed by atoms with Crippen molar-refractivity contribution in [2.24, 2.45) is 0 Å². The summed E-state index contributed by atoms with van der Waals surface area (Å²) in [6.45, 7) is 0. The standard InChI is InChI=1S/C40H10F10N4O4S2/c41-25-23(26(42)30(46)33(49)29(25)45)35(55)15-3-1-11-9-21(59-39(11)53-15)37-51-17-5-13-8-20-18(6-14(13)7-19(17)57-37)52-38(58-20)22-10-12-2-4-16(54-40(12)60-22)36(56)24-27(43)31(47)34(50)32(48)28(24)44/h1-10H. The Morgan fingerprint density at radius 1 is 0.417 bits per heavy atom. The normalized spacial score (nSPS) is 12.0. The lowest BCUT2D eigenvalue weighted by Gasteiger charge is -2.07. The third kappa shape index (κ3) is 5.58. The molecule has 6 aromatic heterocycles. The fourth-order valence-electron chi connectivity index (χ4n) is 6.47. The fourth-order valence-corrected chi connectivity index (χ4v) is 8.38. The van der Waals surface area contributed by atoms with Gasteiger partial charge in [-0.2, -0.15) is 0 Å². The smallest absolute Gasteiger partial charge is 0.237 e. The van der Waals surface area contributed by atoms with Crippen LogP contribution in [0.5, 0.6) is 0 Å². The topological polar surface area (TPSA) is 112 Å². The van der Waals surface area contributed by atoms with Crippen LogP contribution in [0, 0.1) is 58.2 Å². The first-order valence-corrected chi connectivity index (χ1v) is 18.4. The molecule has 6 heterocycles. The molecule has 0 saturated carbocycles. The van der Waals surface area contributed by atoms with Crippen LogP contribution in [0.1, 0.15) is 32.1 Å². The first-order valence-electron chi connectivity index (χ1n) is 16.8. The molecule has 0 radical (unpaired) electrons. The molecule has 0 saturated heterocycles. The maximum absolute atomic E-state index is 14.3. The number of carbonyl (C=O) groups is 2. The Kier molecular flexibility index (Phi) is 8.21. The van der Waals surface area contributed by atoms with Gasteiger partial charge in [-0.15, -0.1) is 22.7 Å². The van der Waals surface area contributed by atoms with Gasteiger partial charge in [-0.3, -0.25) is 9.59 Å². The number of oxazole rings is 2. The van der Waals surface area contributed by atoms with Crippen LogP contribution in [-0.4, -0.2) is 31.5 Å². The molecule has 0 N–H and O–H groups in total. The second kappa shape index (κ2) is 13.2. The fraction of sp³-hybridized carbons (Fsp3) is 0. The highest BCUT2D eigenvalue weighted by atomic mass is 32.1. The summed E-state index contributed by atoms with van der Waals surface area (Å²) in [7, 11) is 0. The molecule has 0 aliphatic carbocycles. The molecule has 0 aliphatic heterocycles. The Morgan fingerprint density at radius 2 is 0.767 bits per heavy atom. The van der Waals surface area contributed by atoms with Gasteiger partial charge in [0.2, 0.25) is 35.0 Å². The van der Waals surface area contributed by atoms with Gasteiger partial charge >= 0.3 is 0 Å². The molecule has 0 fully saturated rings. The van der Waals surface area contributed by atoms with E-state index in [0.29, 0.717) is 53.5 Å². The zero-order valence-corrected chi connectivity index (χ0v) is 30.4. The van der Waals surface area contributed by atoms with Gasteiger partial charge in [0.1, 0.15) is 43.2 Å². The summed E-state index contributed by atoms with van der Waals surface area (Å²) in [6.07, 6.45) is 0. The summed E-state index contributed by atoms with van der Waals surface area (Å²) in [5.74, 6) is -25.7. The van der Waals surface area contributed by atoms with E-state index in [2.05, 4.69) is 19.9 Å². The molecule has 20 heteroatoms. The summed E-state index contributed by atoms with van der Waals surface area (Å²) in [4.78, 5) is 44.3. The number of carbonyl (C=O) groups excluding carboxylic acids is 2. The monoisotopic (exact) mass is 864 g/mol. The van der Waals surface area contributed by atoms with E-state index in [1.807, 2.05) is 0 Å². The number of rotatable bonds is 6. The Labute approximate surface area is 332 Å². The van der Waals surface area contributed by atoms with Crippen LogP contribution in [-0.2, 0) is 0 Å². The summed E-state index contributed by atoms with van der Waals surface area (Å²) < 4.78 is 152. The Balaban J connectivity index is 0.943. The van der Waals surface area contributed by atoms with Crippen molar-refractivity contribution < 1.29 is 62.3 Å². The van der Waals surface area contributed by atoms with Crippen LogP contribution >= 0.6 is 22.7 Å². The quantitative estimate of drug-likeness (QED) is 0.0703. The third-order valence-electron chi connectivity index (χ3n) is 9.38. The molecule has 0 unspecified atom stereocenters. The lowest BCUT2D eigenvalue weighted by atomic mass is 10.0. The van der Waals surface area contributed by atoms with Crippen LogP contribution in [0.15, 0.2) is 69.5 Å². The van der Waals surface area contributed by atoms with Gasteiger partial charge in [0, 0.05) is 10.8 Å². The van der Waals surface area contributed by atoms with Crippen LogP contribution in [0.3, 0.4) is 0 Å². The second-order valence-electron chi connectivity index (χ2n) is 13.0. The van der Waals surface area contributed by atoms with Crippen molar-refractivity contribution in [2.75, 3.05) is 0 Å². The zero-order valence-electron chi connectivity index (χ0n) is 28.8. The van der Waals surface area contributed by atoms with Crippen LogP contribution < -0.4 is 0 Å². The van der Waals surface area contributed by atoms with E-state index < -0.39 is 92.3 Å². The van der Waals surface area contributed by atoms with Crippen molar-refractivity contribution >= 4 is 87.6 Å². The maximum atomic E-state index is 14.3. The SMILES string of the molecule is O=C(c1ccc2cc(-c3nc4cc5cc6oc(-c7cc8ccc(C(=O)c9c(F)c(F)c(F)c(F)c9F)nc8s7)nc6cc5cc4o3)sc2n1)c1c(F)c(F)c(F)c(F)c1F. The summed E-state index contributed by atoms with van der Waals surface area (Å²) in [5, 5.41) is 2.26. The average molecular weight is 865 g/mol. The van der Waals surface area contributed by atoms with Gasteiger partial charge in [0.05, 0.1) is 9.75 Å². The molecule has 8 nitrogen and oxygen atoms in total. The lowest BCUT2D eigenvalue weighted by molar-refractivity contribution is 0.101. The molecule has 0 atom stereocenters. The number of benzene rings is 4. The van der Waals surface area contributed by atoms with Crippen molar-refractivity contribution in [3.8, 4) is 21.5 Å². The molecule has 0 bridgehead atoms. The second-order valence-corrected chi connectivity index (χ2v) is 15.0. The van der Waals surface area contributed by atoms with E-state index in [1.165, 1.54) is 12.1 Å². The van der Waals surface area contributed by atoms with Crippen LogP contribution in [0.4, 0.5) is 43.9 Å². The first kappa shape index (κ1) is 37.2. The maximum Gasteiger partial charge on any atom is 0.237 e. The number of nitrogens with zero attached hydrogens (tertiary/aromatic N) is 4. The number of pyridine rings is 2. The minimum Gasteiger partial charge on any atom is -0.435 e. The zero-order chi connectivity index (χ0) is 42.0. The van der Waals surface area contributed by atoms with Crippen molar-refractivity contribution in [2.45, 2.75) is 0 Å². The Hall–Kier alpha value is -7.06. The molecule has 4 aromatic carbocycles. The van der Waals surface area contributed by atoms with Gasteiger partial charge < -0.3 is 8.83 Å². The number of ketones is 2. The number of hydrogen-bond acceptors (Lipinski definition) is 10. The summed E-state index contributed by atoms with van der Waals surface area (Å²) in [6, 6.07) is 15.0. The van der Waals surface area contributed by atoms with E-state index in [1.54, 1.807) is 36.4 Å². The molecule has 0 amide bonds. The van der Waals surface area contributed by atoms with Gasteiger partial charge in [-0.05, 0) is 71.4 Å². The molecular formula is C40H10F10N4O4S2. The minimum atomic E-state index is -2.40. The molecule has 296 valence electrons. The third-order valence-corrected chi connectivity index (χ3v) is 11.4. The van der Waals surface area contributed by atoms with E-state index in [-0.39, 0.29) is 21.4 Å². The predicted molar refractivity (Wildman–Crippen MR) is 196 cm³/mol. The predicted octanol–water partition coefficient (Wildman–Crippen LogP) is 11.5. The molecule has 0 aliphatic rings. The van der Waals surface area contributed by atoms with Crippen LogP contribution in [0.25, 0.3) is 74.9 Å². The lowest BCUT2D eigenvalue weighted by Crippen LogP contribution is -2.14. The first-order chi connectivity index (χ1) is 28.7. The number of hydrogen-bond donors (Lipinski definition) is 0. The van der Waals surface area contributed by atoms with Gasteiger partial charge in [0.25, 0.3) is 0 Å². The Bertz CT molecular complexity index is 3220. The number of fused-ring (bicyclic) bond motifs is 5. The van der Waals surface area contributed by atoms with E-state index in [4.69, 9.17) is 8.83 Å².